The lowest BCUT2D eigenvalue weighted by Gasteiger charge is -2.49. The predicted molar refractivity (Wildman–Crippen MR) is 73.3 cm³/mol. The summed E-state index contributed by atoms with van der Waals surface area (Å²) in [4.78, 5) is 16.2. The fraction of sp³-hybridized carbons (Fsp3) is 0.929. The molecular weight excluding hydrogens is 228 g/mol. The first-order chi connectivity index (χ1) is 8.17. The van der Waals surface area contributed by atoms with Gasteiger partial charge in [-0.1, -0.05) is 13.8 Å². The lowest BCUT2D eigenvalue weighted by molar-refractivity contribution is -0.151. The van der Waals surface area contributed by atoms with Gasteiger partial charge in [-0.3, -0.25) is 9.69 Å². The maximum atomic E-state index is 12.2. The van der Waals surface area contributed by atoms with Crippen molar-refractivity contribution in [3.8, 4) is 0 Å². The van der Waals surface area contributed by atoms with Crippen molar-refractivity contribution < 1.29 is 9.90 Å². The van der Waals surface area contributed by atoms with Crippen molar-refractivity contribution >= 4 is 5.91 Å². The van der Waals surface area contributed by atoms with Crippen LogP contribution in [0.15, 0.2) is 0 Å². The van der Waals surface area contributed by atoms with Gasteiger partial charge < -0.3 is 10.0 Å². The summed E-state index contributed by atoms with van der Waals surface area (Å²) in [5.41, 5.74) is -0.596. The van der Waals surface area contributed by atoms with E-state index in [1.165, 1.54) is 0 Å². The molecule has 18 heavy (non-hydrogen) atoms. The minimum absolute atomic E-state index is 0.158. The van der Waals surface area contributed by atoms with Crippen LogP contribution in [0.4, 0.5) is 0 Å². The monoisotopic (exact) mass is 256 g/mol. The smallest absolute Gasteiger partial charge is 0.237 e. The van der Waals surface area contributed by atoms with Crippen LogP contribution in [-0.2, 0) is 4.79 Å². The Morgan fingerprint density at radius 1 is 1.17 bits per heavy atom. The van der Waals surface area contributed by atoms with Crippen molar-refractivity contribution in [3.63, 3.8) is 0 Å². The van der Waals surface area contributed by atoms with E-state index < -0.39 is 5.60 Å². The van der Waals surface area contributed by atoms with E-state index >= 15 is 0 Å². The quantitative estimate of drug-likeness (QED) is 0.807. The molecule has 0 aromatic rings. The molecule has 1 rings (SSSR count). The van der Waals surface area contributed by atoms with E-state index in [0.29, 0.717) is 19.6 Å². The third-order valence-corrected chi connectivity index (χ3v) is 3.83. The molecule has 0 radical (unpaired) electrons. The van der Waals surface area contributed by atoms with Crippen LogP contribution in [0.2, 0.25) is 0 Å². The van der Waals surface area contributed by atoms with Crippen molar-refractivity contribution in [1.29, 1.82) is 0 Å². The Labute approximate surface area is 111 Å². The fourth-order valence-corrected chi connectivity index (χ4v) is 2.65. The Bertz CT molecular complexity index is 286. The molecule has 0 spiro atoms. The first kappa shape index (κ1) is 15.4. The van der Waals surface area contributed by atoms with Crippen LogP contribution in [0.1, 0.15) is 41.5 Å². The Hall–Kier alpha value is -0.610. The zero-order valence-corrected chi connectivity index (χ0v) is 12.6. The van der Waals surface area contributed by atoms with Crippen molar-refractivity contribution in [2.45, 2.75) is 59.2 Å². The number of carbonyl (C=O) groups is 1. The van der Waals surface area contributed by atoms with Gasteiger partial charge in [0.25, 0.3) is 0 Å². The van der Waals surface area contributed by atoms with Gasteiger partial charge in [-0.25, -0.2) is 0 Å². The second-order valence-corrected chi connectivity index (χ2v) is 6.39. The lowest BCUT2D eigenvalue weighted by Crippen LogP contribution is -2.66. The SMILES string of the molecule is CC(C)N(C(=O)CN1CC(O)(C(C)C)C1)C(C)C. The minimum atomic E-state index is -0.596. The summed E-state index contributed by atoms with van der Waals surface area (Å²) in [6, 6.07) is 0.450. The summed E-state index contributed by atoms with van der Waals surface area (Å²) in [5.74, 6) is 0.404. The molecule has 1 aliphatic heterocycles. The molecule has 1 fully saturated rings. The highest BCUT2D eigenvalue weighted by atomic mass is 16.3. The second kappa shape index (κ2) is 5.57. The maximum absolute atomic E-state index is 12.2. The van der Waals surface area contributed by atoms with Crippen LogP contribution in [-0.4, -0.2) is 58.1 Å². The van der Waals surface area contributed by atoms with Crippen molar-refractivity contribution in [3.05, 3.63) is 0 Å². The Morgan fingerprint density at radius 3 is 1.94 bits per heavy atom. The Balaban J connectivity index is 2.48. The molecule has 1 amide bonds. The summed E-state index contributed by atoms with van der Waals surface area (Å²) in [7, 11) is 0. The summed E-state index contributed by atoms with van der Waals surface area (Å²) in [6.07, 6.45) is 0. The topological polar surface area (TPSA) is 43.8 Å². The summed E-state index contributed by atoms with van der Waals surface area (Å²) in [5, 5.41) is 10.2. The molecule has 1 N–H and O–H groups in total. The van der Waals surface area contributed by atoms with Crippen LogP contribution < -0.4 is 0 Å². The van der Waals surface area contributed by atoms with E-state index in [1.54, 1.807) is 0 Å². The molecule has 0 bridgehead atoms. The normalized spacial score (nSPS) is 19.4. The predicted octanol–water partition coefficient (Wildman–Crippen LogP) is 1.33. The van der Waals surface area contributed by atoms with E-state index in [4.69, 9.17) is 0 Å². The van der Waals surface area contributed by atoms with Crippen LogP contribution in [0, 0.1) is 5.92 Å². The van der Waals surface area contributed by atoms with Crippen LogP contribution >= 0.6 is 0 Å². The number of hydrogen-bond acceptors (Lipinski definition) is 3. The Morgan fingerprint density at radius 2 is 1.61 bits per heavy atom. The lowest BCUT2D eigenvalue weighted by atomic mass is 9.83. The van der Waals surface area contributed by atoms with Gasteiger partial charge >= 0.3 is 0 Å². The minimum Gasteiger partial charge on any atom is -0.387 e. The average Bonchev–Trinajstić information content (AvgIpc) is 2.12. The fourth-order valence-electron chi connectivity index (χ4n) is 2.65. The molecule has 0 aliphatic carbocycles. The molecule has 0 aromatic carbocycles. The first-order valence-electron chi connectivity index (χ1n) is 6.93. The van der Waals surface area contributed by atoms with Crippen LogP contribution in [0.3, 0.4) is 0 Å². The number of hydrogen-bond donors (Lipinski definition) is 1. The largest absolute Gasteiger partial charge is 0.387 e. The van der Waals surface area contributed by atoms with Crippen molar-refractivity contribution in [2.75, 3.05) is 19.6 Å². The number of rotatable bonds is 5. The zero-order valence-electron chi connectivity index (χ0n) is 12.6. The zero-order chi connectivity index (χ0) is 14.1. The number of carbonyl (C=O) groups excluding carboxylic acids is 1. The van der Waals surface area contributed by atoms with E-state index in [2.05, 4.69) is 0 Å². The van der Waals surface area contributed by atoms with Gasteiger partial charge in [0.1, 0.15) is 0 Å². The summed E-state index contributed by atoms with van der Waals surface area (Å²) >= 11 is 0. The number of aliphatic hydroxyl groups is 1. The van der Waals surface area contributed by atoms with Crippen molar-refractivity contribution in [2.24, 2.45) is 5.92 Å². The third-order valence-electron chi connectivity index (χ3n) is 3.83. The molecule has 1 aliphatic rings. The average molecular weight is 256 g/mol. The van der Waals surface area contributed by atoms with E-state index in [9.17, 15) is 9.90 Å². The standard InChI is InChI=1S/C14H28N2O2/c1-10(2)14(18)8-15(9-14)7-13(17)16(11(3)4)12(5)6/h10-12,18H,7-9H2,1-6H3. The maximum Gasteiger partial charge on any atom is 0.237 e. The summed E-state index contributed by atoms with van der Waals surface area (Å²) < 4.78 is 0. The highest BCUT2D eigenvalue weighted by molar-refractivity contribution is 5.79. The molecule has 1 heterocycles. The van der Waals surface area contributed by atoms with Gasteiger partial charge in [-0.15, -0.1) is 0 Å². The second-order valence-electron chi connectivity index (χ2n) is 6.39. The van der Waals surface area contributed by atoms with E-state index in [0.717, 1.165) is 0 Å². The van der Waals surface area contributed by atoms with Gasteiger partial charge in [0, 0.05) is 25.2 Å². The van der Waals surface area contributed by atoms with Gasteiger partial charge in [0.15, 0.2) is 0 Å². The summed E-state index contributed by atoms with van der Waals surface area (Å²) in [6.45, 7) is 13.8. The molecule has 0 unspecified atom stereocenters. The van der Waals surface area contributed by atoms with Crippen LogP contribution in [0.25, 0.3) is 0 Å². The highest BCUT2D eigenvalue weighted by Crippen LogP contribution is 2.28. The molecular formula is C14H28N2O2. The molecule has 0 saturated carbocycles. The number of amides is 1. The van der Waals surface area contributed by atoms with E-state index in [-0.39, 0.29) is 23.9 Å². The van der Waals surface area contributed by atoms with E-state index in [1.807, 2.05) is 51.3 Å². The van der Waals surface area contributed by atoms with Gasteiger partial charge in [-0.05, 0) is 33.6 Å². The number of β-amino-alcohol motifs (C(OH)–C–C–N with tert-alkyl or cyclic N) is 1. The third kappa shape index (κ3) is 3.23. The van der Waals surface area contributed by atoms with Gasteiger partial charge in [0.05, 0.1) is 12.1 Å². The van der Waals surface area contributed by atoms with Gasteiger partial charge in [-0.2, -0.15) is 0 Å². The first-order valence-corrected chi connectivity index (χ1v) is 6.93. The van der Waals surface area contributed by atoms with Crippen LogP contribution in [0.5, 0.6) is 0 Å². The number of likely N-dealkylation sites (tertiary alicyclic amines) is 1. The Kier molecular flexibility index (Phi) is 4.78. The molecule has 4 nitrogen and oxygen atoms in total. The highest BCUT2D eigenvalue weighted by Gasteiger charge is 2.44. The molecule has 106 valence electrons. The molecule has 0 atom stereocenters. The molecule has 1 saturated heterocycles. The van der Waals surface area contributed by atoms with Gasteiger partial charge in [0.2, 0.25) is 5.91 Å². The number of nitrogens with zero attached hydrogens (tertiary/aromatic N) is 2. The van der Waals surface area contributed by atoms with Crippen molar-refractivity contribution in [1.82, 2.24) is 9.80 Å². The molecule has 0 aromatic heterocycles. The molecule has 4 heteroatoms.